The minimum atomic E-state index is 0.661. The van der Waals surface area contributed by atoms with Gasteiger partial charge in [-0.25, -0.2) is 4.98 Å². The number of hydrogen-bond acceptors (Lipinski definition) is 4. The normalized spacial score (nSPS) is 11.1. The van der Waals surface area contributed by atoms with Crippen molar-refractivity contribution in [2.24, 2.45) is 5.73 Å². The Labute approximate surface area is 112 Å². The standard InChI is InChI=1S/C14H19N3S/c1-17(2)9-11-3-5-12(6-4-11)13-10-18-14(16-13)7-8-15/h3-6,10H,7-9,15H2,1-2H3. The summed E-state index contributed by atoms with van der Waals surface area (Å²) in [4.78, 5) is 6.75. The van der Waals surface area contributed by atoms with Gasteiger partial charge >= 0.3 is 0 Å². The molecule has 0 atom stereocenters. The van der Waals surface area contributed by atoms with Crippen LogP contribution in [0.4, 0.5) is 0 Å². The molecule has 3 nitrogen and oxygen atoms in total. The molecule has 1 aromatic heterocycles. The van der Waals surface area contributed by atoms with E-state index in [-0.39, 0.29) is 0 Å². The number of rotatable bonds is 5. The number of thiazole rings is 1. The van der Waals surface area contributed by atoms with Gasteiger partial charge in [0.2, 0.25) is 0 Å². The van der Waals surface area contributed by atoms with Crippen molar-refractivity contribution in [3.63, 3.8) is 0 Å². The summed E-state index contributed by atoms with van der Waals surface area (Å²) in [6.45, 7) is 1.63. The van der Waals surface area contributed by atoms with Gasteiger partial charge in [-0.2, -0.15) is 0 Å². The first kappa shape index (κ1) is 13.2. The zero-order valence-corrected chi connectivity index (χ0v) is 11.7. The van der Waals surface area contributed by atoms with Crippen LogP contribution in [0.5, 0.6) is 0 Å². The van der Waals surface area contributed by atoms with E-state index in [1.807, 2.05) is 0 Å². The molecule has 0 bridgehead atoms. The zero-order chi connectivity index (χ0) is 13.0. The smallest absolute Gasteiger partial charge is 0.0945 e. The summed E-state index contributed by atoms with van der Waals surface area (Å²) in [7, 11) is 4.15. The third-order valence-electron chi connectivity index (χ3n) is 2.66. The van der Waals surface area contributed by atoms with Gasteiger partial charge in [-0.15, -0.1) is 11.3 Å². The first-order valence-electron chi connectivity index (χ1n) is 6.07. The van der Waals surface area contributed by atoms with Crippen molar-refractivity contribution in [2.45, 2.75) is 13.0 Å². The fourth-order valence-electron chi connectivity index (χ4n) is 1.83. The van der Waals surface area contributed by atoms with Crippen LogP contribution < -0.4 is 5.73 Å². The Morgan fingerprint density at radius 1 is 1.22 bits per heavy atom. The Bertz CT molecular complexity index is 488. The van der Waals surface area contributed by atoms with E-state index < -0.39 is 0 Å². The molecule has 0 aliphatic heterocycles. The first-order valence-corrected chi connectivity index (χ1v) is 6.95. The zero-order valence-electron chi connectivity index (χ0n) is 10.9. The molecule has 0 radical (unpaired) electrons. The van der Waals surface area contributed by atoms with Crippen molar-refractivity contribution < 1.29 is 0 Å². The molecule has 96 valence electrons. The molecule has 4 heteroatoms. The van der Waals surface area contributed by atoms with Crippen molar-refractivity contribution in [1.29, 1.82) is 0 Å². The molecule has 2 rings (SSSR count). The van der Waals surface area contributed by atoms with Crippen molar-refractivity contribution >= 4 is 11.3 Å². The molecule has 0 aliphatic carbocycles. The third kappa shape index (κ3) is 3.38. The van der Waals surface area contributed by atoms with Crippen LogP contribution in [0.1, 0.15) is 10.6 Å². The molecular weight excluding hydrogens is 242 g/mol. The SMILES string of the molecule is CN(C)Cc1ccc(-c2csc(CCN)n2)cc1. The number of aromatic nitrogens is 1. The highest BCUT2D eigenvalue weighted by molar-refractivity contribution is 7.09. The van der Waals surface area contributed by atoms with Crippen molar-refractivity contribution in [3.05, 3.63) is 40.2 Å². The van der Waals surface area contributed by atoms with Gasteiger partial charge in [0.1, 0.15) is 0 Å². The Kier molecular flexibility index (Phi) is 4.47. The lowest BCUT2D eigenvalue weighted by atomic mass is 10.1. The molecule has 0 unspecified atom stereocenters. The summed E-state index contributed by atoms with van der Waals surface area (Å²) in [6.07, 6.45) is 0.864. The van der Waals surface area contributed by atoms with E-state index in [1.165, 1.54) is 11.1 Å². The van der Waals surface area contributed by atoms with Crippen LogP contribution in [-0.2, 0) is 13.0 Å². The second kappa shape index (κ2) is 6.09. The van der Waals surface area contributed by atoms with Gasteiger partial charge in [0.05, 0.1) is 10.7 Å². The molecule has 0 amide bonds. The maximum absolute atomic E-state index is 5.54. The van der Waals surface area contributed by atoms with Gasteiger partial charge in [0.15, 0.2) is 0 Å². The molecule has 0 aliphatic rings. The van der Waals surface area contributed by atoms with Crippen LogP contribution in [0.25, 0.3) is 11.3 Å². The van der Waals surface area contributed by atoms with E-state index in [2.05, 4.69) is 53.6 Å². The molecule has 0 saturated carbocycles. The average Bonchev–Trinajstić information content (AvgIpc) is 2.78. The molecule has 0 saturated heterocycles. The highest BCUT2D eigenvalue weighted by atomic mass is 32.1. The lowest BCUT2D eigenvalue weighted by molar-refractivity contribution is 0.402. The van der Waals surface area contributed by atoms with E-state index in [0.717, 1.165) is 23.7 Å². The Hall–Kier alpha value is -1.23. The maximum atomic E-state index is 5.54. The van der Waals surface area contributed by atoms with Crippen LogP contribution in [0.15, 0.2) is 29.6 Å². The van der Waals surface area contributed by atoms with Gasteiger partial charge in [-0.05, 0) is 26.2 Å². The van der Waals surface area contributed by atoms with Crippen LogP contribution >= 0.6 is 11.3 Å². The molecule has 1 aromatic carbocycles. The second-order valence-corrected chi connectivity index (χ2v) is 5.54. The molecule has 2 N–H and O–H groups in total. The minimum Gasteiger partial charge on any atom is -0.330 e. The first-order chi connectivity index (χ1) is 8.69. The van der Waals surface area contributed by atoms with Crippen LogP contribution in [-0.4, -0.2) is 30.5 Å². The predicted molar refractivity (Wildman–Crippen MR) is 77.7 cm³/mol. The van der Waals surface area contributed by atoms with Gasteiger partial charge in [0, 0.05) is 23.9 Å². The second-order valence-electron chi connectivity index (χ2n) is 4.60. The highest BCUT2D eigenvalue weighted by Crippen LogP contribution is 2.22. The summed E-state index contributed by atoms with van der Waals surface area (Å²) >= 11 is 1.68. The third-order valence-corrected chi connectivity index (χ3v) is 3.57. The lowest BCUT2D eigenvalue weighted by Gasteiger charge is -2.09. The quantitative estimate of drug-likeness (QED) is 0.898. The lowest BCUT2D eigenvalue weighted by Crippen LogP contribution is -2.10. The van der Waals surface area contributed by atoms with E-state index in [9.17, 15) is 0 Å². The summed E-state index contributed by atoms with van der Waals surface area (Å²) in [5.41, 5.74) is 9.09. The molecule has 0 fully saturated rings. The van der Waals surface area contributed by atoms with Gasteiger partial charge in [0.25, 0.3) is 0 Å². The number of hydrogen-bond donors (Lipinski definition) is 1. The van der Waals surface area contributed by atoms with Crippen molar-refractivity contribution in [1.82, 2.24) is 9.88 Å². The average molecular weight is 261 g/mol. The molecule has 1 heterocycles. The number of benzene rings is 1. The van der Waals surface area contributed by atoms with Crippen molar-refractivity contribution in [3.8, 4) is 11.3 Å². The summed E-state index contributed by atoms with van der Waals surface area (Å²) in [5.74, 6) is 0. The summed E-state index contributed by atoms with van der Waals surface area (Å²) in [5, 5.41) is 3.22. The summed E-state index contributed by atoms with van der Waals surface area (Å²) < 4.78 is 0. The molecule has 18 heavy (non-hydrogen) atoms. The predicted octanol–water partition coefficient (Wildman–Crippen LogP) is 2.37. The topological polar surface area (TPSA) is 42.1 Å². The van der Waals surface area contributed by atoms with E-state index in [4.69, 9.17) is 5.73 Å². The number of nitrogens with zero attached hydrogens (tertiary/aromatic N) is 2. The number of nitrogens with two attached hydrogens (primary N) is 1. The van der Waals surface area contributed by atoms with E-state index >= 15 is 0 Å². The van der Waals surface area contributed by atoms with Gasteiger partial charge in [-0.3, -0.25) is 0 Å². The molecule has 2 aromatic rings. The Balaban J connectivity index is 2.12. The van der Waals surface area contributed by atoms with Crippen LogP contribution in [0.3, 0.4) is 0 Å². The van der Waals surface area contributed by atoms with Gasteiger partial charge in [-0.1, -0.05) is 24.3 Å². The van der Waals surface area contributed by atoms with Gasteiger partial charge < -0.3 is 10.6 Å². The monoisotopic (exact) mass is 261 g/mol. The summed E-state index contributed by atoms with van der Waals surface area (Å²) in [6, 6.07) is 8.61. The Morgan fingerprint density at radius 3 is 2.56 bits per heavy atom. The molecular formula is C14H19N3S. The minimum absolute atomic E-state index is 0.661. The fraction of sp³-hybridized carbons (Fsp3) is 0.357. The van der Waals surface area contributed by atoms with E-state index in [0.29, 0.717) is 6.54 Å². The van der Waals surface area contributed by atoms with Crippen LogP contribution in [0.2, 0.25) is 0 Å². The Morgan fingerprint density at radius 2 is 1.94 bits per heavy atom. The van der Waals surface area contributed by atoms with E-state index in [1.54, 1.807) is 11.3 Å². The molecule has 0 spiro atoms. The van der Waals surface area contributed by atoms with Crippen molar-refractivity contribution in [2.75, 3.05) is 20.6 Å². The largest absolute Gasteiger partial charge is 0.330 e. The fourth-order valence-corrected chi connectivity index (χ4v) is 2.65. The highest BCUT2D eigenvalue weighted by Gasteiger charge is 2.04. The van der Waals surface area contributed by atoms with Crippen LogP contribution in [0, 0.1) is 0 Å². The maximum Gasteiger partial charge on any atom is 0.0945 e.